The van der Waals surface area contributed by atoms with Crippen LogP contribution < -0.4 is 10.9 Å². The molecular weight excluding hydrogens is 324 g/mol. The van der Waals surface area contributed by atoms with E-state index >= 15 is 0 Å². The van der Waals surface area contributed by atoms with Crippen molar-refractivity contribution in [2.24, 2.45) is 0 Å². The fraction of sp³-hybridized carbons (Fsp3) is 0.294. The van der Waals surface area contributed by atoms with Crippen LogP contribution in [-0.4, -0.2) is 21.8 Å². The molecule has 0 fully saturated rings. The Labute approximate surface area is 144 Å². The minimum atomic E-state index is -0.424. The monoisotopic (exact) mass is 342 g/mol. The van der Waals surface area contributed by atoms with E-state index in [-0.39, 0.29) is 5.91 Å². The van der Waals surface area contributed by atoms with Gasteiger partial charge in [-0.2, -0.15) is 0 Å². The second-order valence-electron chi connectivity index (χ2n) is 5.53. The summed E-state index contributed by atoms with van der Waals surface area (Å²) in [6, 6.07) is 1.95. The Bertz CT molecular complexity index is 732. The highest BCUT2D eigenvalue weighted by Crippen LogP contribution is 2.28. The molecule has 2 amide bonds. The first-order valence-corrected chi connectivity index (χ1v) is 8.70. The van der Waals surface area contributed by atoms with Crippen molar-refractivity contribution in [1.29, 1.82) is 0 Å². The average molecular weight is 342 g/mol. The van der Waals surface area contributed by atoms with Crippen molar-refractivity contribution in [3.8, 4) is 0 Å². The van der Waals surface area contributed by atoms with E-state index < -0.39 is 5.91 Å². The van der Waals surface area contributed by atoms with E-state index in [0.29, 0.717) is 10.6 Å². The van der Waals surface area contributed by atoms with E-state index in [9.17, 15) is 9.59 Å². The highest BCUT2D eigenvalue weighted by atomic mass is 32.1. The Morgan fingerprint density at radius 1 is 1.12 bits per heavy atom. The number of thiophene rings is 1. The lowest BCUT2D eigenvalue weighted by Gasteiger charge is -2.03. The molecule has 2 N–H and O–H groups in total. The summed E-state index contributed by atoms with van der Waals surface area (Å²) in [4.78, 5) is 33.8. The number of aryl methyl sites for hydroxylation is 2. The third-order valence-corrected chi connectivity index (χ3v) is 4.99. The molecule has 1 aliphatic rings. The van der Waals surface area contributed by atoms with Gasteiger partial charge in [-0.15, -0.1) is 11.3 Å². The summed E-state index contributed by atoms with van der Waals surface area (Å²) in [5.74, 6) is -0.707. The van der Waals surface area contributed by atoms with Gasteiger partial charge in [0.05, 0.1) is 16.8 Å². The van der Waals surface area contributed by atoms with Crippen LogP contribution in [0.3, 0.4) is 0 Å². The van der Waals surface area contributed by atoms with Gasteiger partial charge in [0.2, 0.25) is 0 Å². The third-order valence-electron chi connectivity index (χ3n) is 3.76. The number of carbonyl (C=O) groups is 2. The largest absolute Gasteiger partial charge is 0.279 e. The van der Waals surface area contributed by atoms with Crippen LogP contribution in [-0.2, 0) is 17.6 Å². The average Bonchev–Trinajstić information content (AvgIpc) is 2.89. The van der Waals surface area contributed by atoms with Crippen molar-refractivity contribution in [2.45, 2.75) is 32.1 Å². The second kappa shape index (κ2) is 7.83. The van der Waals surface area contributed by atoms with Crippen LogP contribution in [0.5, 0.6) is 0 Å². The summed E-state index contributed by atoms with van der Waals surface area (Å²) >= 11 is 1.52. The van der Waals surface area contributed by atoms with Gasteiger partial charge in [0, 0.05) is 23.3 Å². The number of hydrogen-bond acceptors (Lipinski definition) is 5. The summed E-state index contributed by atoms with van der Waals surface area (Å²) in [6.07, 6.45) is 13.1. The number of carbonyl (C=O) groups excluding carboxylic acids is 2. The minimum Gasteiger partial charge on any atom is -0.268 e. The molecule has 0 aromatic carbocycles. The van der Waals surface area contributed by atoms with Gasteiger partial charge >= 0.3 is 0 Å². The lowest BCUT2D eigenvalue weighted by molar-refractivity contribution is -0.117. The number of hydrazine groups is 1. The molecule has 0 spiro atoms. The van der Waals surface area contributed by atoms with E-state index in [2.05, 4.69) is 20.8 Å². The third kappa shape index (κ3) is 4.26. The van der Waals surface area contributed by atoms with Gasteiger partial charge in [-0.3, -0.25) is 30.4 Å². The Hall–Kier alpha value is -2.54. The highest BCUT2D eigenvalue weighted by Gasteiger charge is 2.16. The molecular formula is C17H18N4O2S. The molecule has 3 rings (SSSR count). The smallest absolute Gasteiger partial charge is 0.268 e. The number of amides is 2. The van der Waals surface area contributed by atoms with Gasteiger partial charge in [-0.1, -0.05) is 6.42 Å². The molecule has 2 aromatic rings. The normalized spacial score (nSPS) is 14.0. The molecule has 0 bridgehead atoms. The minimum absolute atomic E-state index is 0.283. The fourth-order valence-corrected chi connectivity index (χ4v) is 3.71. The Kier molecular flexibility index (Phi) is 5.32. The van der Waals surface area contributed by atoms with Crippen molar-refractivity contribution >= 4 is 29.2 Å². The van der Waals surface area contributed by atoms with E-state index in [1.165, 1.54) is 53.2 Å². The molecule has 7 heteroatoms. The number of fused-ring (bicyclic) bond motifs is 1. The van der Waals surface area contributed by atoms with Gasteiger partial charge < -0.3 is 0 Å². The van der Waals surface area contributed by atoms with Crippen molar-refractivity contribution < 1.29 is 9.59 Å². The molecule has 24 heavy (non-hydrogen) atoms. The van der Waals surface area contributed by atoms with Crippen LogP contribution in [0.15, 0.2) is 30.7 Å². The summed E-state index contributed by atoms with van der Waals surface area (Å²) in [7, 11) is 0. The number of rotatable bonds is 3. The molecule has 0 aliphatic heterocycles. The molecule has 124 valence electrons. The first kappa shape index (κ1) is 16.3. The van der Waals surface area contributed by atoms with E-state index in [1.807, 2.05) is 6.07 Å². The zero-order valence-corrected chi connectivity index (χ0v) is 13.9. The van der Waals surface area contributed by atoms with Gasteiger partial charge in [0.1, 0.15) is 0 Å². The molecule has 6 nitrogen and oxygen atoms in total. The summed E-state index contributed by atoms with van der Waals surface area (Å²) in [5, 5.41) is 0. The summed E-state index contributed by atoms with van der Waals surface area (Å²) in [6.45, 7) is 0. The van der Waals surface area contributed by atoms with Crippen molar-refractivity contribution in [3.05, 3.63) is 51.7 Å². The zero-order valence-electron chi connectivity index (χ0n) is 13.1. The predicted molar refractivity (Wildman–Crippen MR) is 92.3 cm³/mol. The molecule has 0 atom stereocenters. The molecule has 0 unspecified atom stereocenters. The highest BCUT2D eigenvalue weighted by molar-refractivity contribution is 7.14. The number of nitrogens with one attached hydrogen (secondary N) is 2. The fourth-order valence-electron chi connectivity index (χ4n) is 2.56. The van der Waals surface area contributed by atoms with E-state index in [4.69, 9.17) is 0 Å². The maximum absolute atomic E-state index is 12.2. The van der Waals surface area contributed by atoms with Crippen molar-refractivity contribution in [2.75, 3.05) is 0 Å². The van der Waals surface area contributed by atoms with Crippen LogP contribution in [0.2, 0.25) is 0 Å². The van der Waals surface area contributed by atoms with Crippen LogP contribution in [0.4, 0.5) is 0 Å². The van der Waals surface area contributed by atoms with Gasteiger partial charge in [0.25, 0.3) is 11.8 Å². The maximum Gasteiger partial charge on any atom is 0.279 e. The van der Waals surface area contributed by atoms with Crippen molar-refractivity contribution in [1.82, 2.24) is 20.8 Å². The number of aromatic nitrogens is 2. The lowest BCUT2D eigenvalue weighted by Crippen LogP contribution is -2.40. The first-order chi connectivity index (χ1) is 11.7. The molecule has 2 heterocycles. The number of hydrogen-bond donors (Lipinski definition) is 2. The van der Waals surface area contributed by atoms with E-state index in [0.717, 1.165) is 12.8 Å². The van der Waals surface area contributed by atoms with Gasteiger partial charge in [-0.05, 0) is 43.4 Å². The predicted octanol–water partition coefficient (Wildman–Crippen LogP) is 2.28. The number of nitrogens with zero attached hydrogens (tertiary/aromatic N) is 2. The van der Waals surface area contributed by atoms with Crippen LogP contribution in [0.1, 0.15) is 45.1 Å². The second-order valence-corrected chi connectivity index (χ2v) is 6.66. The Morgan fingerprint density at radius 3 is 2.83 bits per heavy atom. The van der Waals surface area contributed by atoms with Crippen LogP contribution >= 0.6 is 11.3 Å². The van der Waals surface area contributed by atoms with Gasteiger partial charge in [0.15, 0.2) is 0 Å². The topological polar surface area (TPSA) is 84.0 Å². The molecule has 1 aliphatic carbocycles. The van der Waals surface area contributed by atoms with Crippen molar-refractivity contribution in [3.63, 3.8) is 0 Å². The standard InChI is InChI=1S/C17H18N4O2S/c22-16(7-6-13-11-18-8-9-19-13)20-21-17(23)15-10-12-4-2-1-3-5-14(12)24-15/h6-11H,1-5H2,(H,20,22)(H,21,23)/b7-6+. The molecule has 0 saturated carbocycles. The quantitative estimate of drug-likeness (QED) is 0.509. The SMILES string of the molecule is O=C(/C=C/c1cnccn1)NNC(=O)c1cc2c(s1)CCCCC2. The lowest BCUT2D eigenvalue weighted by atomic mass is 10.1. The van der Waals surface area contributed by atoms with Crippen LogP contribution in [0, 0.1) is 0 Å². The first-order valence-electron chi connectivity index (χ1n) is 7.88. The zero-order chi connectivity index (χ0) is 16.8. The Balaban J connectivity index is 1.54. The Morgan fingerprint density at radius 2 is 2.00 bits per heavy atom. The molecule has 0 saturated heterocycles. The summed E-state index contributed by atoms with van der Waals surface area (Å²) in [5.41, 5.74) is 6.67. The molecule has 0 radical (unpaired) electrons. The molecule has 2 aromatic heterocycles. The maximum atomic E-state index is 12.2. The van der Waals surface area contributed by atoms with Crippen LogP contribution in [0.25, 0.3) is 6.08 Å². The van der Waals surface area contributed by atoms with Gasteiger partial charge in [-0.25, -0.2) is 0 Å². The summed E-state index contributed by atoms with van der Waals surface area (Å²) < 4.78 is 0. The van der Waals surface area contributed by atoms with E-state index in [1.54, 1.807) is 18.6 Å².